The molecule has 0 heterocycles. The van der Waals surface area contributed by atoms with Crippen molar-refractivity contribution >= 4 is 28.7 Å². The molecule has 0 spiro atoms. The van der Waals surface area contributed by atoms with Crippen LogP contribution in [0.4, 0.5) is 4.79 Å². The van der Waals surface area contributed by atoms with Gasteiger partial charge in [0.15, 0.2) is 0 Å². The first kappa shape index (κ1) is 16.1. The quantitative estimate of drug-likeness (QED) is 0.550. The first-order chi connectivity index (χ1) is 8.74. The highest BCUT2D eigenvalue weighted by Gasteiger charge is 2.20. The minimum absolute atomic E-state index is 0.275. The van der Waals surface area contributed by atoms with Crippen molar-refractivity contribution in [2.24, 2.45) is 0 Å². The van der Waals surface area contributed by atoms with Gasteiger partial charge < -0.3 is 10.1 Å². The highest BCUT2D eigenvalue weighted by Crippen LogP contribution is 2.22. The van der Waals surface area contributed by atoms with E-state index in [0.29, 0.717) is 3.92 Å². The molecule has 0 aliphatic heterocycles. The number of hydrogen-bond acceptors (Lipinski definition) is 2. The Balaban J connectivity index is 2.44. The van der Waals surface area contributed by atoms with Crippen molar-refractivity contribution in [1.29, 1.82) is 0 Å². The number of carbonyl (C=O) groups is 1. The summed E-state index contributed by atoms with van der Waals surface area (Å²) in [4.78, 5) is 11.4. The number of methoxy groups -OCH3 is 1. The van der Waals surface area contributed by atoms with Crippen LogP contribution in [0.25, 0.3) is 0 Å². The van der Waals surface area contributed by atoms with Crippen LogP contribution in [0.5, 0.6) is 0 Å². The van der Waals surface area contributed by atoms with Crippen LogP contribution in [0.3, 0.4) is 0 Å². The van der Waals surface area contributed by atoms with Crippen LogP contribution in [0.2, 0.25) is 0 Å². The highest BCUT2D eigenvalue weighted by molar-refractivity contribution is 14.1. The zero-order chi connectivity index (χ0) is 13.2. The molecule has 0 aromatic heterocycles. The van der Waals surface area contributed by atoms with E-state index < -0.39 is 0 Å². The van der Waals surface area contributed by atoms with Gasteiger partial charge in [-0.15, -0.1) is 0 Å². The number of alkyl halides is 1. The smallest absolute Gasteiger partial charge is 0.407 e. The lowest BCUT2D eigenvalue weighted by atomic mass is 9.98. The predicted molar refractivity (Wildman–Crippen MR) is 83.3 cm³/mol. The molecule has 1 N–H and O–H groups in total. The number of amides is 1. The standard InChI is InChI=1S/C14H26INO2/c1-18-14(17)16-13-11-9-7-5-3-2-4-6-8-10-12(13)15/h12-13H,2-11H2,1H3,(H,16,17)/t12-,13+/m0/s1. The molecule has 106 valence electrons. The molecule has 0 aromatic rings. The molecule has 1 amide bonds. The van der Waals surface area contributed by atoms with Crippen LogP contribution >= 0.6 is 22.6 Å². The van der Waals surface area contributed by atoms with E-state index in [4.69, 9.17) is 4.74 Å². The maximum Gasteiger partial charge on any atom is 0.407 e. The molecule has 1 aliphatic carbocycles. The molecular formula is C14H26INO2. The molecule has 0 radical (unpaired) electrons. The van der Waals surface area contributed by atoms with Gasteiger partial charge in [-0.1, -0.05) is 74.0 Å². The molecule has 0 aromatic carbocycles. The van der Waals surface area contributed by atoms with Crippen LogP contribution in [0, 0.1) is 0 Å². The van der Waals surface area contributed by atoms with E-state index in [0.717, 1.165) is 6.42 Å². The van der Waals surface area contributed by atoms with Crippen LogP contribution < -0.4 is 5.32 Å². The average molecular weight is 367 g/mol. The summed E-state index contributed by atoms with van der Waals surface area (Å²) >= 11 is 2.49. The molecule has 0 unspecified atom stereocenters. The third kappa shape index (κ3) is 6.81. The average Bonchev–Trinajstić information content (AvgIpc) is 2.37. The maximum atomic E-state index is 11.4. The predicted octanol–water partition coefficient (Wildman–Crippen LogP) is 4.43. The van der Waals surface area contributed by atoms with Crippen molar-refractivity contribution in [2.75, 3.05) is 7.11 Å². The third-order valence-electron chi connectivity index (χ3n) is 3.67. The Hall–Kier alpha value is 0. The fourth-order valence-corrected chi connectivity index (χ4v) is 3.50. The molecule has 1 saturated carbocycles. The Morgan fingerprint density at radius 2 is 1.50 bits per heavy atom. The van der Waals surface area contributed by atoms with E-state index in [1.807, 2.05) is 0 Å². The fraction of sp³-hybridized carbons (Fsp3) is 0.929. The zero-order valence-electron chi connectivity index (χ0n) is 11.4. The molecule has 1 fully saturated rings. The van der Waals surface area contributed by atoms with Gasteiger partial charge in [0.1, 0.15) is 0 Å². The van der Waals surface area contributed by atoms with Crippen molar-refractivity contribution in [1.82, 2.24) is 5.32 Å². The van der Waals surface area contributed by atoms with E-state index in [9.17, 15) is 4.79 Å². The van der Waals surface area contributed by atoms with E-state index in [1.165, 1.54) is 64.9 Å². The Morgan fingerprint density at radius 1 is 1.00 bits per heavy atom. The third-order valence-corrected chi connectivity index (χ3v) is 5.16. The minimum atomic E-state index is -0.284. The van der Waals surface area contributed by atoms with Crippen molar-refractivity contribution < 1.29 is 9.53 Å². The van der Waals surface area contributed by atoms with Gasteiger partial charge in [0.2, 0.25) is 0 Å². The number of ether oxygens (including phenoxy) is 1. The number of nitrogens with one attached hydrogen (secondary N) is 1. The molecule has 3 nitrogen and oxygen atoms in total. The van der Waals surface area contributed by atoms with Crippen molar-refractivity contribution in [2.45, 2.75) is 74.2 Å². The highest BCUT2D eigenvalue weighted by atomic mass is 127. The normalized spacial score (nSPS) is 27.7. The molecule has 1 rings (SSSR count). The SMILES string of the molecule is COC(=O)N[C@@H]1CCCCCCCCCC[C@@H]1I. The topological polar surface area (TPSA) is 38.3 Å². The van der Waals surface area contributed by atoms with Gasteiger partial charge in [0, 0.05) is 9.97 Å². The largest absolute Gasteiger partial charge is 0.453 e. The van der Waals surface area contributed by atoms with E-state index in [-0.39, 0.29) is 12.1 Å². The summed E-state index contributed by atoms with van der Waals surface area (Å²) in [5.74, 6) is 0. The lowest BCUT2D eigenvalue weighted by Crippen LogP contribution is -2.40. The molecule has 1 aliphatic rings. The van der Waals surface area contributed by atoms with Crippen LogP contribution in [0.15, 0.2) is 0 Å². The first-order valence-electron chi connectivity index (χ1n) is 7.22. The summed E-state index contributed by atoms with van der Waals surface area (Å²) < 4.78 is 5.25. The Bertz CT molecular complexity index is 236. The lowest BCUT2D eigenvalue weighted by molar-refractivity contribution is 0.165. The van der Waals surface area contributed by atoms with E-state index in [1.54, 1.807) is 0 Å². The summed E-state index contributed by atoms with van der Waals surface area (Å²) in [6.45, 7) is 0. The minimum Gasteiger partial charge on any atom is -0.453 e. The molecular weight excluding hydrogens is 341 g/mol. The van der Waals surface area contributed by atoms with Gasteiger partial charge in [-0.3, -0.25) is 0 Å². The van der Waals surface area contributed by atoms with Crippen LogP contribution in [-0.4, -0.2) is 23.2 Å². The summed E-state index contributed by atoms with van der Waals surface area (Å²) in [6.07, 6.45) is 12.6. The van der Waals surface area contributed by atoms with E-state index in [2.05, 4.69) is 27.9 Å². The van der Waals surface area contributed by atoms with E-state index >= 15 is 0 Å². The number of rotatable bonds is 1. The molecule has 2 atom stereocenters. The molecule has 18 heavy (non-hydrogen) atoms. The van der Waals surface area contributed by atoms with Crippen molar-refractivity contribution in [3.8, 4) is 0 Å². The second-order valence-electron chi connectivity index (χ2n) is 5.16. The van der Waals surface area contributed by atoms with Gasteiger partial charge >= 0.3 is 6.09 Å². The molecule has 4 heteroatoms. The fourth-order valence-electron chi connectivity index (χ4n) is 2.52. The summed E-state index contributed by atoms with van der Waals surface area (Å²) in [5, 5.41) is 3.00. The zero-order valence-corrected chi connectivity index (χ0v) is 13.6. The van der Waals surface area contributed by atoms with Gasteiger partial charge in [-0.05, 0) is 12.8 Å². The van der Waals surface area contributed by atoms with Crippen LogP contribution in [0.1, 0.15) is 64.2 Å². The first-order valence-corrected chi connectivity index (χ1v) is 8.47. The Morgan fingerprint density at radius 3 is 2.06 bits per heavy atom. The van der Waals surface area contributed by atoms with Crippen LogP contribution in [-0.2, 0) is 4.74 Å². The number of alkyl carbamates (subject to hydrolysis) is 1. The molecule has 0 saturated heterocycles. The number of hydrogen-bond donors (Lipinski definition) is 1. The summed E-state index contributed by atoms with van der Waals surface area (Å²) in [5.41, 5.74) is 0. The summed E-state index contributed by atoms with van der Waals surface area (Å²) in [7, 11) is 1.44. The maximum absolute atomic E-state index is 11.4. The van der Waals surface area contributed by atoms with Gasteiger partial charge in [0.25, 0.3) is 0 Å². The number of halogens is 1. The summed E-state index contributed by atoms with van der Waals surface area (Å²) in [6, 6.07) is 0.275. The lowest BCUT2D eigenvalue weighted by Gasteiger charge is -2.24. The second kappa shape index (κ2) is 9.87. The Kier molecular flexibility index (Phi) is 8.80. The second-order valence-corrected chi connectivity index (χ2v) is 6.76. The van der Waals surface area contributed by atoms with Crippen molar-refractivity contribution in [3.05, 3.63) is 0 Å². The van der Waals surface area contributed by atoms with Gasteiger partial charge in [-0.2, -0.15) is 0 Å². The van der Waals surface area contributed by atoms with Gasteiger partial charge in [0.05, 0.1) is 7.11 Å². The molecule has 0 bridgehead atoms. The Labute approximate surface area is 125 Å². The van der Waals surface area contributed by atoms with Gasteiger partial charge in [-0.25, -0.2) is 4.79 Å². The monoisotopic (exact) mass is 367 g/mol. The van der Waals surface area contributed by atoms with Crippen molar-refractivity contribution in [3.63, 3.8) is 0 Å². The number of carbonyl (C=O) groups excluding carboxylic acids is 1.